The molecule has 0 unspecified atom stereocenters. The van der Waals surface area contributed by atoms with E-state index in [9.17, 15) is 4.79 Å². The molecule has 0 spiro atoms. The molecule has 0 aliphatic heterocycles. The number of pyridine rings is 1. The minimum absolute atomic E-state index is 0.132. The molecule has 5 heteroatoms. The van der Waals surface area contributed by atoms with Crippen LogP contribution in [0.1, 0.15) is 0 Å². The SMILES string of the molecule is COc1ccc(Cl)c2c(=O)ccn(CC#N)c12. The molecule has 0 amide bonds. The van der Waals surface area contributed by atoms with Gasteiger partial charge in [0.25, 0.3) is 0 Å². The topological polar surface area (TPSA) is 55.0 Å². The van der Waals surface area contributed by atoms with Gasteiger partial charge in [0, 0.05) is 12.3 Å². The molecule has 0 aliphatic rings. The lowest BCUT2D eigenvalue weighted by atomic mass is 10.2. The van der Waals surface area contributed by atoms with Crippen molar-refractivity contribution >= 4 is 22.5 Å². The van der Waals surface area contributed by atoms with Crippen molar-refractivity contribution in [3.05, 3.63) is 39.6 Å². The number of nitrogens with zero attached hydrogens (tertiary/aromatic N) is 2. The predicted octanol–water partition coefficient (Wildman–Crippen LogP) is 2.19. The molecular weight excluding hydrogens is 240 g/mol. The van der Waals surface area contributed by atoms with E-state index in [0.717, 1.165) is 0 Å². The second-order valence-corrected chi connectivity index (χ2v) is 3.85. The van der Waals surface area contributed by atoms with Gasteiger partial charge in [-0.25, -0.2) is 0 Å². The van der Waals surface area contributed by atoms with Crippen LogP contribution in [0.25, 0.3) is 10.9 Å². The Balaban J connectivity index is 2.96. The average Bonchev–Trinajstić information content (AvgIpc) is 2.33. The predicted molar refractivity (Wildman–Crippen MR) is 65.4 cm³/mol. The molecule has 1 aromatic carbocycles. The zero-order chi connectivity index (χ0) is 12.4. The van der Waals surface area contributed by atoms with Gasteiger partial charge < -0.3 is 9.30 Å². The molecule has 2 aromatic rings. The van der Waals surface area contributed by atoms with Crippen LogP contribution in [-0.4, -0.2) is 11.7 Å². The minimum atomic E-state index is -0.182. The van der Waals surface area contributed by atoms with Crippen LogP contribution in [0.4, 0.5) is 0 Å². The van der Waals surface area contributed by atoms with E-state index in [4.69, 9.17) is 21.6 Å². The Kier molecular flexibility index (Phi) is 3.03. The van der Waals surface area contributed by atoms with Gasteiger partial charge in [0.1, 0.15) is 12.3 Å². The van der Waals surface area contributed by atoms with Gasteiger partial charge >= 0.3 is 0 Å². The Labute approximate surface area is 103 Å². The molecule has 0 atom stereocenters. The maximum absolute atomic E-state index is 11.8. The van der Waals surface area contributed by atoms with Gasteiger partial charge in [-0.3, -0.25) is 4.79 Å². The first kappa shape index (κ1) is 11.5. The summed E-state index contributed by atoms with van der Waals surface area (Å²) in [6.45, 7) is 0.132. The summed E-state index contributed by atoms with van der Waals surface area (Å²) < 4.78 is 6.84. The standard InChI is InChI=1S/C12H9ClN2O2/c1-17-10-3-2-8(13)11-9(16)4-6-15(7-5-14)12(10)11/h2-4,6H,7H2,1H3. The molecule has 86 valence electrons. The second kappa shape index (κ2) is 4.48. The van der Waals surface area contributed by atoms with E-state index in [1.807, 2.05) is 6.07 Å². The fourth-order valence-corrected chi connectivity index (χ4v) is 2.00. The lowest BCUT2D eigenvalue weighted by Crippen LogP contribution is -2.09. The van der Waals surface area contributed by atoms with Crippen LogP contribution in [0.2, 0.25) is 5.02 Å². The summed E-state index contributed by atoms with van der Waals surface area (Å²) in [4.78, 5) is 11.8. The first-order chi connectivity index (χ1) is 8.19. The highest BCUT2D eigenvalue weighted by molar-refractivity contribution is 6.35. The molecule has 2 rings (SSSR count). The van der Waals surface area contributed by atoms with E-state index in [2.05, 4.69) is 0 Å². The number of nitriles is 1. The Morgan fingerprint density at radius 1 is 1.47 bits per heavy atom. The zero-order valence-electron chi connectivity index (χ0n) is 9.11. The Bertz CT molecular complexity index is 670. The van der Waals surface area contributed by atoms with Crippen molar-refractivity contribution in [2.45, 2.75) is 6.54 Å². The summed E-state index contributed by atoms with van der Waals surface area (Å²) in [5.74, 6) is 0.525. The highest BCUT2D eigenvalue weighted by atomic mass is 35.5. The van der Waals surface area contributed by atoms with Gasteiger partial charge in [0.15, 0.2) is 5.43 Å². The third kappa shape index (κ3) is 1.85. The van der Waals surface area contributed by atoms with Crippen molar-refractivity contribution in [1.82, 2.24) is 4.57 Å². The van der Waals surface area contributed by atoms with Gasteiger partial charge in [-0.2, -0.15) is 5.26 Å². The molecule has 0 aliphatic carbocycles. The molecular formula is C12H9ClN2O2. The smallest absolute Gasteiger partial charge is 0.191 e. The van der Waals surface area contributed by atoms with E-state index < -0.39 is 0 Å². The molecule has 17 heavy (non-hydrogen) atoms. The number of benzene rings is 1. The van der Waals surface area contributed by atoms with Crippen LogP contribution in [0.15, 0.2) is 29.2 Å². The number of aromatic nitrogens is 1. The number of halogens is 1. The fourth-order valence-electron chi connectivity index (χ4n) is 1.76. The number of fused-ring (bicyclic) bond motifs is 1. The van der Waals surface area contributed by atoms with Crippen LogP contribution >= 0.6 is 11.6 Å². The third-order valence-corrected chi connectivity index (χ3v) is 2.81. The van der Waals surface area contributed by atoms with Gasteiger partial charge in [-0.05, 0) is 12.1 Å². The summed E-state index contributed by atoms with van der Waals surface area (Å²) in [6.07, 6.45) is 1.56. The number of hydrogen-bond donors (Lipinski definition) is 0. The summed E-state index contributed by atoms with van der Waals surface area (Å²) >= 11 is 6.01. The number of methoxy groups -OCH3 is 1. The van der Waals surface area contributed by atoms with Crippen molar-refractivity contribution < 1.29 is 4.74 Å². The van der Waals surface area contributed by atoms with Crippen LogP contribution in [0, 0.1) is 11.3 Å². The summed E-state index contributed by atoms with van der Waals surface area (Å²) in [6, 6.07) is 6.71. The third-order valence-electron chi connectivity index (χ3n) is 2.49. The van der Waals surface area contributed by atoms with Gasteiger partial charge in [-0.1, -0.05) is 11.6 Å². The summed E-state index contributed by atoms with van der Waals surface area (Å²) in [5.41, 5.74) is 0.368. The van der Waals surface area contributed by atoms with E-state index in [0.29, 0.717) is 21.7 Å². The largest absolute Gasteiger partial charge is 0.495 e. The first-order valence-corrected chi connectivity index (χ1v) is 5.29. The van der Waals surface area contributed by atoms with Crippen LogP contribution in [-0.2, 0) is 6.54 Å². The average molecular weight is 249 g/mol. The number of rotatable bonds is 2. The molecule has 0 bridgehead atoms. The number of ether oxygens (including phenoxy) is 1. The summed E-state index contributed by atoms with van der Waals surface area (Å²) in [5, 5.41) is 9.50. The molecule has 0 fully saturated rings. The van der Waals surface area contributed by atoms with Crippen molar-refractivity contribution in [3.8, 4) is 11.8 Å². The molecule has 0 saturated carbocycles. The number of hydrogen-bond acceptors (Lipinski definition) is 3. The van der Waals surface area contributed by atoms with Crippen molar-refractivity contribution in [2.24, 2.45) is 0 Å². The first-order valence-electron chi connectivity index (χ1n) is 4.91. The van der Waals surface area contributed by atoms with Gasteiger partial charge in [-0.15, -0.1) is 0 Å². The molecule has 1 heterocycles. The lowest BCUT2D eigenvalue weighted by molar-refractivity contribution is 0.417. The maximum atomic E-state index is 11.8. The quantitative estimate of drug-likeness (QED) is 0.819. The van der Waals surface area contributed by atoms with Crippen molar-refractivity contribution in [2.75, 3.05) is 7.11 Å². The highest BCUT2D eigenvalue weighted by Gasteiger charge is 2.11. The molecule has 4 nitrogen and oxygen atoms in total. The van der Waals surface area contributed by atoms with E-state index in [1.165, 1.54) is 13.2 Å². The van der Waals surface area contributed by atoms with E-state index >= 15 is 0 Å². The van der Waals surface area contributed by atoms with Crippen molar-refractivity contribution in [3.63, 3.8) is 0 Å². The van der Waals surface area contributed by atoms with E-state index in [1.54, 1.807) is 22.9 Å². The fraction of sp³-hybridized carbons (Fsp3) is 0.167. The monoisotopic (exact) mass is 248 g/mol. The molecule has 1 aromatic heterocycles. The van der Waals surface area contributed by atoms with Gasteiger partial charge in [0.2, 0.25) is 0 Å². The molecule has 0 radical (unpaired) electrons. The highest BCUT2D eigenvalue weighted by Crippen LogP contribution is 2.28. The molecule has 0 N–H and O–H groups in total. The Morgan fingerprint density at radius 3 is 2.88 bits per heavy atom. The minimum Gasteiger partial charge on any atom is -0.495 e. The lowest BCUT2D eigenvalue weighted by Gasteiger charge is -2.11. The summed E-state index contributed by atoms with van der Waals surface area (Å²) in [7, 11) is 1.51. The van der Waals surface area contributed by atoms with Crippen LogP contribution < -0.4 is 10.2 Å². The van der Waals surface area contributed by atoms with Gasteiger partial charge in [0.05, 0.1) is 29.1 Å². The normalized spacial score (nSPS) is 10.2. The van der Waals surface area contributed by atoms with Crippen LogP contribution in [0.5, 0.6) is 5.75 Å². The maximum Gasteiger partial charge on any atom is 0.191 e. The Morgan fingerprint density at radius 2 is 2.24 bits per heavy atom. The second-order valence-electron chi connectivity index (χ2n) is 3.44. The van der Waals surface area contributed by atoms with Crippen molar-refractivity contribution in [1.29, 1.82) is 5.26 Å². The molecule has 0 saturated heterocycles. The van der Waals surface area contributed by atoms with Crippen LogP contribution in [0.3, 0.4) is 0 Å². The Hall–Kier alpha value is -1.99. The van der Waals surface area contributed by atoms with E-state index in [-0.39, 0.29) is 12.0 Å². The zero-order valence-corrected chi connectivity index (χ0v) is 9.86.